The number of amides is 2. The van der Waals surface area contributed by atoms with Crippen molar-refractivity contribution in [3.05, 3.63) is 0 Å². The Morgan fingerprint density at radius 1 is 1.83 bits per heavy atom. The number of rotatable bonds is 0. The van der Waals surface area contributed by atoms with Gasteiger partial charge in [0.05, 0.1) is 0 Å². The summed E-state index contributed by atoms with van der Waals surface area (Å²) < 4.78 is 0. The van der Waals surface area contributed by atoms with Crippen LogP contribution in [-0.2, 0) is 0 Å². The topological polar surface area (TPSA) is 90.1 Å². The lowest BCUT2D eigenvalue weighted by Crippen LogP contribution is -2.19. The number of hydrogen-bond donors (Lipinski definition) is 3. The number of halogens is 1. The fraction of sp³-hybridized carbons (Fsp3) is 0. The van der Waals surface area contributed by atoms with E-state index < -0.39 is 6.03 Å². The average molecular weight is 112 g/mol. The van der Waals surface area contributed by atoms with Crippen molar-refractivity contribution >= 4 is 17.8 Å². The summed E-state index contributed by atoms with van der Waals surface area (Å²) in [5.74, 6) is 0. The molecule has 4 nitrogen and oxygen atoms in total. The van der Waals surface area contributed by atoms with Gasteiger partial charge >= 0.3 is 6.03 Å². The second-order valence-electron chi connectivity index (χ2n) is 0.459. The first-order valence-corrected chi connectivity index (χ1v) is 1.31. The minimum atomic E-state index is -0.730. The Morgan fingerprint density at radius 3 is 2.00 bits per heavy atom. The maximum absolute atomic E-state index is 9.35. The van der Waals surface area contributed by atoms with E-state index in [9.17, 15) is 4.79 Å². The molecule has 0 aromatic heterocycles. The Kier molecular flexibility index (Phi) is 6.86. The van der Waals surface area contributed by atoms with Gasteiger partial charge in [0.2, 0.25) is 0 Å². The van der Waals surface area contributed by atoms with Crippen molar-refractivity contribution < 1.29 is 4.79 Å². The number of urea groups is 1. The van der Waals surface area contributed by atoms with Gasteiger partial charge in [0.15, 0.2) is 0 Å². The van der Waals surface area contributed by atoms with Gasteiger partial charge in [0, 0.05) is 11.8 Å². The maximum Gasteiger partial charge on any atom is 0.326 e. The highest BCUT2D eigenvalue weighted by Gasteiger charge is 1.75. The molecule has 0 heterocycles. The lowest BCUT2D eigenvalue weighted by atomic mass is 11.2. The normalized spacial score (nSPS) is 5.50. The van der Waals surface area contributed by atoms with Crippen molar-refractivity contribution in [3.8, 4) is 0 Å². The van der Waals surface area contributed by atoms with Crippen LogP contribution in [0, 0.1) is 0 Å². The molecular formula is CH6ClN3O. The third-order valence-corrected chi connectivity index (χ3v) is 0.279. The van der Waals surface area contributed by atoms with Crippen LogP contribution in [0.1, 0.15) is 0 Å². The van der Waals surface area contributed by atoms with Crippen LogP contribution in [0.3, 0.4) is 0 Å². The van der Waals surface area contributed by atoms with Crippen LogP contribution in [0.2, 0.25) is 0 Å². The Balaban J connectivity index is 0. The van der Waals surface area contributed by atoms with Gasteiger partial charge in [-0.25, -0.2) is 4.79 Å². The summed E-state index contributed by atoms with van der Waals surface area (Å²) in [5, 5.41) is 0. The van der Waals surface area contributed by atoms with Crippen LogP contribution >= 0.6 is 11.8 Å². The molecule has 0 rings (SSSR count). The molecule has 6 N–H and O–H groups in total. The van der Waals surface area contributed by atoms with Crippen LogP contribution in [-0.4, -0.2) is 6.03 Å². The first-order chi connectivity index (χ1) is 2.27. The van der Waals surface area contributed by atoms with Crippen LogP contribution in [0.5, 0.6) is 0 Å². The third kappa shape index (κ3) is 9.68. The molecule has 0 aromatic carbocycles. The van der Waals surface area contributed by atoms with E-state index in [4.69, 9.17) is 0 Å². The summed E-state index contributed by atoms with van der Waals surface area (Å²) in [4.78, 5) is 11.0. The second-order valence-corrected chi connectivity index (χ2v) is 0.648. The van der Waals surface area contributed by atoms with Crippen molar-refractivity contribution in [2.75, 3.05) is 0 Å². The molecule has 0 aliphatic heterocycles. The number of nitrogens with two attached hydrogens (primary N) is 1. The Bertz CT molecular complexity index is 46.1. The number of primary amides is 1. The minimum absolute atomic E-state index is 0. The van der Waals surface area contributed by atoms with Crippen molar-refractivity contribution in [3.63, 3.8) is 0 Å². The monoisotopic (exact) mass is 111 g/mol. The standard InChI is InChI=1S/CH3ClN2O.H3N/c2-4-1(3)5;/h(H3,3,4,5);1H3. The van der Waals surface area contributed by atoms with E-state index >= 15 is 0 Å². The van der Waals surface area contributed by atoms with Gasteiger partial charge in [-0.3, -0.25) is 4.84 Å². The zero-order valence-corrected chi connectivity index (χ0v) is 3.83. The van der Waals surface area contributed by atoms with E-state index in [2.05, 4.69) is 17.5 Å². The van der Waals surface area contributed by atoms with Crippen molar-refractivity contribution in [1.29, 1.82) is 0 Å². The summed E-state index contributed by atoms with van der Waals surface area (Å²) in [6.45, 7) is 0. The molecule has 0 radical (unpaired) electrons. The van der Waals surface area contributed by atoms with Crippen LogP contribution < -0.4 is 16.7 Å². The van der Waals surface area contributed by atoms with E-state index in [0.29, 0.717) is 0 Å². The van der Waals surface area contributed by atoms with Crippen LogP contribution in [0.25, 0.3) is 0 Å². The first kappa shape index (κ1) is 9.10. The smallest absolute Gasteiger partial charge is 0.326 e. The van der Waals surface area contributed by atoms with Gasteiger partial charge < -0.3 is 11.9 Å². The highest BCUT2D eigenvalue weighted by Crippen LogP contribution is 1.54. The number of nitrogens with one attached hydrogen (secondary N) is 1. The van der Waals surface area contributed by atoms with Gasteiger partial charge in [-0.15, -0.1) is 0 Å². The van der Waals surface area contributed by atoms with Crippen molar-refractivity contribution in [1.82, 2.24) is 11.0 Å². The molecule has 0 aliphatic rings. The molecule has 38 valence electrons. The Morgan fingerprint density at radius 2 is 2.00 bits per heavy atom. The van der Waals surface area contributed by atoms with E-state index in [1.165, 1.54) is 0 Å². The Labute approximate surface area is 40.3 Å². The van der Waals surface area contributed by atoms with E-state index in [-0.39, 0.29) is 6.15 Å². The van der Waals surface area contributed by atoms with Gasteiger partial charge in [-0.05, 0) is 0 Å². The average Bonchev–Trinajstić information content (AvgIpc) is 1.38. The lowest BCUT2D eigenvalue weighted by molar-refractivity contribution is 0.254. The molecular weight excluding hydrogens is 105 g/mol. The molecule has 6 heavy (non-hydrogen) atoms. The van der Waals surface area contributed by atoms with Gasteiger partial charge in [0.25, 0.3) is 0 Å². The highest BCUT2D eigenvalue weighted by atomic mass is 35.5. The molecule has 5 heteroatoms. The maximum atomic E-state index is 9.35. The van der Waals surface area contributed by atoms with E-state index in [0.717, 1.165) is 0 Å². The first-order valence-electron chi connectivity index (χ1n) is 0.932. The number of carbonyl (C=O) groups is 1. The zero-order valence-electron chi connectivity index (χ0n) is 3.07. The predicted molar refractivity (Wildman–Crippen MR) is 23.6 cm³/mol. The highest BCUT2D eigenvalue weighted by molar-refractivity contribution is 6.20. The van der Waals surface area contributed by atoms with Gasteiger partial charge in [-0.2, -0.15) is 0 Å². The molecule has 0 atom stereocenters. The van der Waals surface area contributed by atoms with Gasteiger partial charge in [-0.1, -0.05) is 0 Å². The van der Waals surface area contributed by atoms with Crippen LogP contribution in [0.4, 0.5) is 4.79 Å². The lowest BCUT2D eigenvalue weighted by Gasteiger charge is -1.76. The van der Waals surface area contributed by atoms with Crippen molar-refractivity contribution in [2.24, 2.45) is 5.73 Å². The summed E-state index contributed by atoms with van der Waals surface area (Å²) in [7, 11) is 0. The number of hydrogen-bond acceptors (Lipinski definition) is 2. The molecule has 0 aliphatic carbocycles. The molecule has 0 saturated carbocycles. The molecule has 0 fully saturated rings. The fourth-order valence-electron chi connectivity index (χ4n) is 0. The molecule has 0 unspecified atom stereocenters. The summed E-state index contributed by atoms with van der Waals surface area (Å²) in [6.07, 6.45) is 0. The quantitative estimate of drug-likeness (QED) is 0.383. The molecule has 0 aromatic rings. The van der Waals surface area contributed by atoms with Crippen LogP contribution in [0.15, 0.2) is 0 Å². The summed E-state index contributed by atoms with van der Waals surface area (Å²) >= 11 is 4.61. The van der Waals surface area contributed by atoms with E-state index in [1.54, 1.807) is 4.84 Å². The molecule has 2 amide bonds. The van der Waals surface area contributed by atoms with E-state index in [1.807, 2.05) is 0 Å². The summed E-state index contributed by atoms with van der Waals surface area (Å²) in [6, 6.07) is -0.730. The number of carbonyl (C=O) groups excluding carboxylic acids is 1. The third-order valence-electron chi connectivity index (χ3n) is 0.0931. The molecule has 0 spiro atoms. The van der Waals surface area contributed by atoms with Gasteiger partial charge in [0.1, 0.15) is 0 Å². The SMILES string of the molecule is N.NC(=O)NCl. The zero-order chi connectivity index (χ0) is 4.28. The predicted octanol–water partition coefficient (Wildman–Crippen LogP) is -0.0295. The van der Waals surface area contributed by atoms with Crippen molar-refractivity contribution in [2.45, 2.75) is 0 Å². The molecule has 0 saturated heterocycles. The molecule has 0 bridgehead atoms. The fourth-order valence-corrected chi connectivity index (χ4v) is 0. The second kappa shape index (κ2) is 4.52. The summed E-state index contributed by atoms with van der Waals surface area (Å²) in [5.41, 5.74) is 4.41. The Hall–Kier alpha value is -0.480. The largest absolute Gasteiger partial charge is 0.351 e. The minimum Gasteiger partial charge on any atom is -0.351 e.